The van der Waals surface area contributed by atoms with Crippen molar-refractivity contribution < 1.29 is 9.26 Å². The van der Waals surface area contributed by atoms with Gasteiger partial charge in [-0.25, -0.2) is 0 Å². The fourth-order valence-corrected chi connectivity index (χ4v) is 3.08. The van der Waals surface area contributed by atoms with Gasteiger partial charge in [0.2, 0.25) is 11.7 Å². The summed E-state index contributed by atoms with van der Waals surface area (Å²) >= 11 is 0. The molecule has 1 aromatic rings. The summed E-state index contributed by atoms with van der Waals surface area (Å²) in [6.07, 6.45) is 3.21. The monoisotopic (exact) mass is 294 g/mol. The SMILES string of the molecule is CC(C)N1CCOC(c2noc(CCC3CCNC3)n2)C1. The second kappa shape index (κ2) is 6.85. The molecule has 0 amide bonds. The van der Waals surface area contributed by atoms with Crippen LogP contribution in [0.4, 0.5) is 0 Å². The number of morpholine rings is 1. The van der Waals surface area contributed by atoms with Gasteiger partial charge >= 0.3 is 0 Å². The Kier molecular flexibility index (Phi) is 4.87. The number of nitrogens with one attached hydrogen (secondary N) is 1. The number of aryl methyl sites for hydroxylation is 1. The van der Waals surface area contributed by atoms with Crippen molar-refractivity contribution in [3.05, 3.63) is 11.7 Å². The molecule has 0 saturated carbocycles. The van der Waals surface area contributed by atoms with Crippen LogP contribution in [0.2, 0.25) is 0 Å². The van der Waals surface area contributed by atoms with E-state index in [1.165, 1.54) is 6.42 Å². The minimum atomic E-state index is -0.0493. The topological polar surface area (TPSA) is 63.4 Å². The third-order valence-corrected chi connectivity index (χ3v) is 4.53. The predicted molar refractivity (Wildman–Crippen MR) is 79.0 cm³/mol. The maximum absolute atomic E-state index is 5.80. The van der Waals surface area contributed by atoms with Gasteiger partial charge in [-0.3, -0.25) is 4.90 Å². The van der Waals surface area contributed by atoms with Gasteiger partial charge in [-0.2, -0.15) is 4.98 Å². The van der Waals surface area contributed by atoms with Crippen LogP contribution < -0.4 is 5.32 Å². The van der Waals surface area contributed by atoms with Gasteiger partial charge in [0.1, 0.15) is 6.10 Å². The Morgan fingerprint density at radius 1 is 1.43 bits per heavy atom. The van der Waals surface area contributed by atoms with E-state index in [2.05, 4.69) is 34.2 Å². The van der Waals surface area contributed by atoms with Crippen LogP contribution in [0, 0.1) is 5.92 Å². The number of aromatic nitrogens is 2. The first-order chi connectivity index (χ1) is 10.2. The average molecular weight is 294 g/mol. The number of nitrogens with zero attached hydrogens (tertiary/aromatic N) is 3. The van der Waals surface area contributed by atoms with E-state index < -0.39 is 0 Å². The van der Waals surface area contributed by atoms with E-state index in [0.717, 1.165) is 57.4 Å². The fraction of sp³-hybridized carbons (Fsp3) is 0.867. The van der Waals surface area contributed by atoms with Crippen LogP contribution in [-0.4, -0.2) is 53.9 Å². The van der Waals surface area contributed by atoms with E-state index in [-0.39, 0.29) is 6.10 Å². The zero-order chi connectivity index (χ0) is 14.7. The average Bonchev–Trinajstić information content (AvgIpc) is 3.17. The summed E-state index contributed by atoms with van der Waals surface area (Å²) in [7, 11) is 0. The van der Waals surface area contributed by atoms with Gasteiger partial charge in [0.15, 0.2) is 0 Å². The highest BCUT2D eigenvalue weighted by Gasteiger charge is 2.27. The molecule has 0 aliphatic carbocycles. The Labute approximate surface area is 126 Å². The molecule has 2 saturated heterocycles. The van der Waals surface area contributed by atoms with E-state index in [1.54, 1.807) is 0 Å². The molecular weight excluding hydrogens is 268 g/mol. The molecule has 2 aliphatic heterocycles. The highest BCUT2D eigenvalue weighted by Crippen LogP contribution is 2.22. The van der Waals surface area contributed by atoms with Crippen molar-refractivity contribution in [3.63, 3.8) is 0 Å². The molecule has 2 atom stereocenters. The molecule has 2 aliphatic rings. The number of hydrogen-bond donors (Lipinski definition) is 1. The summed E-state index contributed by atoms with van der Waals surface area (Å²) in [4.78, 5) is 6.94. The third kappa shape index (κ3) is 3.81. The van der Waals surface area contributed by atoms with E-state index in [9.17, 15) is 0 Å². The van der Waals surface area contributed by atoms with Crippen LogP contribution in [0.5, 0.6) is 0 Å². The molecule has 0 radical (unpaired) electrons. The van der Waals surface area contributed by atoms with Crippen molar-refractivity contribution in [2.45, 2.75) is 45.3 Å². The lowest BCUT2D eigenvalue weighted by Crippen LogP contribution is -2.42. The first-order valence-electron chi connectivity index (χ1n) is 8.11. The van der Waals surface area contributed by atoms with Crippen LogP contribution in [0.15, 0.2) is 4.52 Å². The quantitative estimate of drug-likeness (QED) is 0.885. The largest absolute Gasteiger partial charge is 0.367 e. The lowest BCUT2D eigenvalue weighted by atomic mass is 10.0. The minimum Gasteiger partial charge on any atom is -0.367 e. The summed E-state index contributed by atoms with van der Waals surface area (Å²) in [6, 6.07) is 0.526. The molecule has 1 N–H and O–H groups in total. The second-order valence-electron chi connectivity index (χ2n) is 6.39. The smallest absolute Gasteiger partial charge is 0.226 e. The summed E-state index contributed by atoms with van der Waals surface area (Å²) in [5.74, 6) is 2.21. The van der Waals surface area contributed by atoms with Gasteiger partial charge < -0.3 is 14.6 Å². The maximum Gasteiger partial charge on any atom is 0.226 e. The molecule has 6 heteroatoms. The molecule has 1 aromatic heterocycles. The summed E-state index contributed by atoms with van der Waals surface area (Å²) in [5.41, 5.74) is 0. The van der Waals surface area contributed by atoms with Crippen LogP contribution in [0.25, 0.3) is 0 Å². The summed E-state index contributed by atoms with van der Waals surface area (Å²) < 4.78 is 11.2. The third-order valence-electron chi connectivity index (χ3n) is 4.53. The first-order valence-corrected chi connectivity index (χ1v) is 8.11. The van der Waals surface area contributed by atoms with Gasteiger partial charge in [0, 0.05) is 25.6 Å². The lowest BCUT2D eigenvalue weighted by molar-refractivity contribution is -0.0450. The van der Waals surface area contributed by atoms with Crippen LogP contribution in [0.3, 0.4) is 0 Å². The zero-order valence-corrected chi connectivity index (χ0v) is 13.0. The van der Waals surface area contributed by atoms with Crippen molar-refractivity contribution in [1.82, 2.24) is 20.4 Å². The van der Waals surface area contributed by atoms with Crippen LogP contribution >= 0.6 is 0 Å². The van der Waals surface area contributed by atoms with Gasteiger partial charge in [-0.1, -0.05) is 5.16 Å². The Balaban J connectivity index is 1.53. The van der Waals surface area contributed by atoms with Crippen molar-refractivity contribution in [2.24, 2.45) is 5.92 Å². The van der Waals surface area contributed by atoms with E-state index in [1.807, 2.05) is 0 Å². The number of hydrogen-bond acceptors (Lipinski definition) is 6. The van der Waals surface area contributed by atoms with Crippen LogP contribution in [0.1, 0.15) is 44.5 Å². The Morgan fingerprint density at radius 3 is 3.10 bits per heavy atom. The van der Waals surface area contributed by atoms with Crippen molar-refractivity contribution >= 4 is 0 Å². The molecule has 2 unspecified atom stereocenters. The predicted octanol–water partition coefficient (Wildman–Crippen LogP) is 1.39. The van der Waals surface area contributed by atoms with Crippen molar-refractivity contribution in [3.8, 4) is 0 Å². The molecule has 118 valence electrons. The number of ether oxygens (including phenoxy) is 1. The molecule has 0 spiro atoms. The van der Waals surface area contributed by atoms with E-state index in [0.29, 0.717) is 11.9 Å². The normalized spacial score (nSPS) is 27.6. The summed E-state index contributed by atoms with van der Waals surface area (Å²) in [6.45, 7) is 9.24. The number of rotatable bonds is 5. The van der Waals surface area contributed by atoms with Gasteiger partial charge in [0.05, 0.1) is 6.61 Å². The molecule has 21 heavy (non-hydrogen) atoms. The Bertz CT molecular complexity index is 443. The van der Waals surface area contributed by atoms with Gasteiger partial charge in [-0.05, 0) is 45.7 Å². The Morgan fingerprint density at radius 2 is 2.33 bits per heavy atom. The molecule has 3 rings (SSSR count). The summed E-state index contributed by atoms with van der Waals surface area (Å²) in [5, 5.41) is 7.51. The molecule has 0 bridgehead atoms. The first kappa shape index (κ1) is 14.9. The van der Waals surface area contributed by atoms with Crippen LogP contribution in [-0.2, 0) is 11.2 Å². The van der Waals surface area contributed by atoms with E-state index >= 15 is 0 Å². The minimum absolute atomic E-state index is 0.0493. The lowest BCUT2D eigenvalue weighted by Gasteiger charge is -2.34. The fourth-order valence-electron chi connectivity index (χ4n) is 3.08. The van der Waals surface area contributed by atoms with Crippen molar-refractivity contribution in [2.75, 3.05) is 32.8 Å². The highest BCUT2D eigenvalue weighted by molar-refractivity contribution is 4.95. The molecule has 2 fully saturated rings. The molecule has 3 heterocycles. The second-order valence-corrected chi connectivity index (χ2v) is 6.39. The van der Waals surface area contributed by atoms with Gasteiger partial charge in [0.25, 0.3) is 0 Å². The maximum atomic E-state index is 5.80. The molecule has 6 nitrogen and oxygen atoms in total. The van der Waals surface area contributed by atoms with Crippen molar-refractivity contribution in [1.29, 1.82) is 0 Å². The highest BCUT2D eigenvalue weighted by atomic mass is 16.5. The molecule has 0 aromatic carbocycles. The van der Waals surface area contributed by atoms with E-state index in [4.69, 9.17) is 9.26 Å². The zero-order valence-electron chi connectivity index (χ0n) is 13.0. The molecular formula is C15H26N4O2. The van der Waals surface area contributed by atoms with Gasteiger partial charge in [-0.15, -0.1) is 0 Å². The Hall–Kier alpha value is -0.980. The standard InChI is InChI=1S/C15H26N4O2/c1-11(2)19-7-8-20-13(10-19)15-17-14(21-18-15)4-3-12-5-6-16-9-12/h11-13,16H,3-10H2,1-2H3.